The number of carbonyl (C=O) groups excluding carboxylic acids is 3. The molecule has 250 valence electrons. The highest BCUT2D eigenvalue weighted by molar-refractivity contribution is 5.89. The Morgan fingerprint density at radius 2 is 1.78 bits per heavy atom. The summed E-state index contributed by atoms with van der Waals surface area (Å²) < 4.78 is 53.1. The number of benzene rings is 1. The van der Waals surface area contributed by atoms with Crippen LogP contribution in [-0.4, -0.2) is 64.0 Å². The van der Waals surface area contributed by atoms with Crippen LogP contribution < -0.4 is 10.1 Å². The van der Waals surface area contributed by atoms with E-state index in [9.17, 15) is 27.6 Å². The van der Waals surface area contributed by atoms with Crippen molar-refractivity contribution >= 4 is 29.3 Å². The third-order valence-corrected chi connectivity index (χ3v) is 10.5. The van der Waals surface area contributed by atoms with E-state index in [1.165, 1.54) is 11.0 Å². The lowest BCUT2D eigenvalue weighted by Gasteiger charge is -2.35. The van der Waals surface area contributed by atoms with Gasteiger partial charge in [0.2, 0.25) is 11.8 Å². The number of fused-ring (bicyclic) bond motifs is 7. The Morgan fingerprint density at radius 1 is 1.00 bits per heavy atom. The molecule has 1 saturated heterocycles. The van der Waals surface area contributed by atoms with Gasteiger partial charge in [0.1, 0.15) is 30.2 Å². The van der Waals surface area contributed by atoms with Crippen LogP contribution in [0.5, 0.6) is 5.88 Å². The van der Waals surface area contributed by atoms with Crippen LogP contribution in [-0.2, 0) is 26.9 Å². The summed E-state index contributed by atoms with van der Waals surface area (Å²) in [5, 5.41) is 2.84. The summed E-state index contributed by atoms with van der Waals surface area (Å²) in [4.78, 5) is 50.7. The van der Waals surface area contributed by atoms with Crippen LogP contribution in [0.4, 0.5) is 18.0 Å². The van der Waals surface area contributed by atoms with Gasteiger partial charge in [0.05, 0.1) is 29.2 Å². The number of aldehydes is 1. The number of rotatable bonds is 2. The Balaban J connectivity index is 1.37. The molecule has 46 heavy (non-hydrogen) atoms. The van der Waals surface area contributed by atoms with E-state index in [4.69, 9.17) is 14.5 Å². The van der Waals surface area contributed by atoms with Crippen LogP contribution in [0.2, 0.25) is 0 Å². The average Bonchev–Trinajstić information content (AvgIpc) is 3.53. The summed E-state index contributed by atoms with van der Waals surface area (Å²) in [5.74, 6) is 0.693. The molecule has 2 bridgehead atoms. The summed E-state index contributed by atoms with van der Waals surface area (Å²) in [5.41, 5.74) is -0.590. The fourth-order valence-corrected chi connectivity index (χ4v) is 7.90. The van der Waals surface area contributed by atoms with Crippen LogP contribution in [0.25, 0.3) is 11.0 Å². The molecule has 9 nitrogen and oxygen atoms in total. The van der Waals surface area contributed by atoms with Crippen molar-refractivity contribution in [3.63, 3.8) is 0 Å². The van der Waals surface area contributed by atoms with Gasteiger partial charge in [0.15, 0.2) is 0 Å². The number of hydrogen-bond acceptors (Lipinski definition) is 7. The van der Waals surface area contributed by atoms with E-state index in [1.54, 1.807) is 0 Å². The molecule has 0 radical (unpaired) electrons. The highest BCUT2D eigenvalue weighted by atomic mass is 19.4. The zero-order valence-electron chi connectivity index (χ0n) is 26.8. The molecule has 8 atom stereocenters. The first-order valence-electron chi connectivity index (χ1n) is 16.6. The van der Waals surface area contributed by atoms with E-state index in [1.807, 2.05) is 27.7 Å². The van der Waals surface area contributed by atoms with Gasteiger partial charge in [-0.05, 0) is 79.9 Å². The van der Waals surface area contributed by atoms with Crippen molar-refractivity contribution < 1.29 is 37.0 Å². The van der Waals surface area contributed by atoms with E-state index < -0.39 is 53.3 Å². The lowest BCUT2D eigenvalue weighted by atomic mass is 9.85. The minimum absolute atomic E-state index is 0.0415. The second-order valence-corrected chi connectivity index (χ2v) is 14.6. The molecular weight excluding hydrogens is 601 g/mol. The molecule has 3 fully saturated rings. The minimum Gasteiger partial charge on any atom is -0.471 e. The lowest BCUT2D eigenvalue weighted by molar-refractivity contribution is -0.139. The fraction of sp³-hybridized carbons (Fsp3) is 0.676. The highest BCUT2D eigenvalue weighted by Gasteiger charge is 2.55. The van der Waals surface area contributed by atoms with Crippen LogP contribution in [0.15, 0.2) is 18.2 Å². The van der Waals surface area contributed by atoms with Gasteiger partial charge in [-0.3, -0.25) is 4.79 Å². The summed E-state index contributed by atoms with van der Waals surface area (Å²) in [6.45, 7) is 7.47. The smallest absolute Gasteiger partial charge is 0.416 e. The third-order valence-electron chi connectivity index (χ3n) is 10.5. The van der Waals surface area contributed by atoms with Gasteiger partial charge in [0, 0.05) is 5.92 Å². The number of alkyl carbamates (subject to hydrolysis) is 1. The fourth-order valence-electron chi connectivity index (χ4n) is 7.90. The Kier molecular flexibility index (Phi) is 8.69. The number of nitrogens with one attached hydrogen (secondary N) is 1. The maximum absolute atomic E-state index is 14.2. The molecule has 0 spiro atoms. The molecule has 2 aliphatic heterocycles. The number of ether oxygens (including phenoxy) is 2. The monoisotopic (exact) mass is 644 g/mol. The summed E-state index contributed by atoms with van der Waals surface area (Å²) >= 11 is 0. The van der Waals surface area contributed by atoms with Crippen molar-refractivity contribution in [1.82, 2.24) is 20.2 Å². The van der Waals surface area contributed by atoms with E-state index in [-0.39, 0.29) is 30.0 Å². The molecule has 2 amide bonds. The molecular formula is C34H43F3N4O5. The van der Waals surface area contributed by atoms with Gasteiger partial charge in [-0.1, -0.05) is 40.5 Å². The molecule has 2 unspecified atom stereocenters. The van der Waals surface area contributed by atoms with E-state index in [0.29, 0.717) is 35.9 Å². The van der Waals surface area contributed by atoms with Crippen molar-refractivity contribution in [3.05, 3.63) is 29.5 Å². The minimum atomic E-state index is -4.54. The Hall–Kier alpha value is -3.44. The Labute approximate surface area is 267 Å². The number of hydrogen-bond donors (Lipinski definition) is 1. The lowest BCUT2D eigenvalue weighted by Crippen LogP contribution is -2.56. The second kappa shape index (κ2) is 12.3. The normalized spacial score (nSPS) is 32.3. The van der Waals surface area contributed by atoms with E-state index in [0.717, 1.165) is 56.9 Å². The van der Waals surface area contributed by atoms with Crippen molar-refractivity contribution in [2.24, 2.45) is 29.1 Å². The maximum atomic E-state index is 14.2. The van der Waals surface area contributed by atoms with Gasteiger partial charge < -0.3 is 24.5 Å². The van der Waals surface area contributed by atoms with Gasteiger partial charge >= 0.3 is 12.3 Å². The van der Waals surface area contributed by atoms with Crippen molar-refractivity contribution in [3.8, 4) is 5.88 Å². The standard InChI is InChI=1S/C34H43F3N4O5/c1-5-20-26(17-42)41-16-28(20)45-30-24(38-23-12-11-19(34(35,36)37)15-25(23)39-30)10-8-6-7-9-21-22-13-18(22)14-27(21)46-32(44)40-29(31(41)43)33(2,3)4/h11-12,15,17-18,20-22,26-29H,5-10,13-14,16H2,1-4H3,(H,40,44)/t18?,20-,21+,22?,26+,27+,28-,29+/m0/s1. The zero-order chi connectivity index (χ0) is 33.0. The summed E-state index contributed by atoms with van der Waals surface area (Å²) in [6, 6.07) is 1.51. The summed E-state index contributed by atoms with van der Waals surface area (Å²) in [7, 11) is 0. The van der Waals surface area contributed by atoms with Crippen LogP contribution in [0.3, 0.4) is 0 Å². The SMILES string of the molecule is CC[C@@H]1[C@@H]2CN(C(=O)[C@H](C(C)(C)C)NC(=O)O[C@@H]3CC4CC4[C@H]3CCCCCc3nc4ccc(C(F)(F)F)cc4nc3O2)[C@@H]1C=O. The molecule has 6 rings (SSSR count). The van der Waals surface area contributed by atoms with Crippen molar-refractivity contribution in [1.29, 1.82) is 0 Å². The van der Waals surface area contributed by atoms with Crippen molar-refractivity contribution in [2.45, 2.75) is 110 Å². The van der Waals surface area contributed by atoms with Gasteiger partial charge in [0.25, 0.3) is 0 Å². The van der Waals surface area contributed by atoms with Gasteiger partial charge in [-0.25, -0.2) is 14.8 Å². The summed E-state index contributed by atoms with van der Waals surface area (Å²) in [6.07, 6.45) is 1.19. The molecule has 2 aliphatic carbocycles. The highest BCUT2D eigenvalue weighted by Crippen LogP contribution is 2.57. The van der Waals surface area contributed by atoms with Crippen LogP contribution in [0.1, 0.15) is 83.9 Å². The number of aryl methyl sites for hydroxylation is 1. The molecule has 1 aromatic heterocycles. The molecule has 12 heteroatoms. The molecule has 2 saturated carbocycles. The molecule has 3 heterocycles. The predicted octanol–water partition coefficient (Wildman–Crippen LogP) is 6.11. The molecule has 4 aliphatic rings. The topological polar surface area (TPSA) is 111 Å². The zero-order valence-corrected chi connectivity index (χ0v) is 26.8. The van der Waals surface area contributed by atoms with Crippen LogP contribution >= 0.6 is 0 Å². The third kappa shape index (κ3) is 6.40. The van der Waals surface area contributed by atoms with E-state index >= 15 is 0 Å². The average molecular weight is 645 g/mol. The molecule has 1 aromatic carbocycles. The Bertz CT molecular complexity index is 1490. The molecule has 2 aromatic rings. The van der Waals surface area contributed by atoms with E-state index in [2.05, 4.69) is 10.3 Å². The maximum Gasteiger partial charge on any atom is 0.416 e. The number of amides is 2. The number of alkyl halides is 3. The molecule has 1 N–H and O–H groups in total. The first-order valence-corrected chi connectivity index (χ1v) is 16.6. The quantitative estimate of drug-likeness (QED) is 0.393. The second-order valence-electron chi connectivity index (χ2n) is 14.6. The predicted molar refractivity (Wildman–Crippen MR) is 163 cm³/mol. The number of nitrogens with zero attached hydrogens (tertiary/aromatic N) is 3. The number of aromatic nitrogens is 2. The van der Waals surface area contributed by atoms with Crippen molar-refractivity contribution in [2.75, 3.05) is 6.54 Å². The number of halogens is 3. The van der Waals surface area contributed by atoms with Gasteiger partial charge in [-0.2, -0.15) is 13.2 Å². The van der Waals surface area contributed by atoms with Crippen LogP contribution in [0, 0.1) is 29.1 Å². The number of carbonyl (C=O) groups is 3. The Morgan fingerprint density at radius 3 is 2.48 bits per heavy atom. The first-order chi connectivity index (χ1) is 21.8. The first kappa shape index (κ1) is 32.5. The van der Waals surface area contributed by atoms with Gasteiger partial charge in [-0.15, -0.1) is 0 Å². The largest absolute Gasteiger partial charge is 0.471 e.